The molecular weight excluding hydrogens is 463 g/mol. The molecule has 3 aromatic rings. The van der Waals surface area contributed by atoms with Crippen LogP contribution in [-0.2, 0) is 13.0 Å². The van der Waals surface area contributed by atoms with Crippen molar-refractivity contribution < 1.29 is 22.7 Å². The Kier molecular flexibility index (Phi) is 6.81. The average Bonchev–Trinajstić information content (AvgIpc) is 3.07. The fourth-order valence-electron chi connectivity index (χ4n) is 2.88. The molecular formula is C21H19BrF3N3O2. The number of halogens is 4. The van der Waals surface area contributed by atoms with Crippen molar-refractivity contribution in [3.05, 3.63) is 76.0 Å². The Labute approximate surface area is 180 Å². The second-order valence-corrected chi connectivity index (χ2v) is 7.20. The van der Waals surface area contributed by atoms with Crippen LogP contribution in [0.1, 0.15) is 28.7 Å². The van der Waals surface area contributed by atoms with Crippen LogP contribution in [0, 0.1) is 0 Å². The first-order chi connectivity index (χ1) is 14.3. The lowest BCUT2D eigenvalue weighted by atomic mass is 10.2. The standard InChI is InChI=1S/C21H19BrF3N3O2/c1-2-16-18(22)19(27-28(16)15-9-4-3-5-10-15)20(29)26-12-14-8-6-7-11-17(14)30-13-21(23,24)25/h3-11H,2,12-13H2,1H3,(H,26,29). The summed E-state index contributed by atoms with van der Waals surface area (Å²) < 4.78 is 44.5. The molecule has 5 nitrogen and oxygen atoms in total. The monoisotopic (exact) mass is 481 g/mol. The topological polar surface area (TPSA) is 56.1 Å². The van der Waals surface area contributed by atoms with Gasteiger partial charge in [-0.3, -0.25) is 4.79 Å². The third kappa shape index (κ3) is 5.21. The number of nitrogens with one attached hydrogen (secondary N) is 1. The molecule has 9 heteroatoms. The number of hydrogen-bond donors (Lipinski definition) is 1. The van der Waals surface area contributed by atoms with Crippen LogP contribution < -0.4 is 10.1 Å². The Morgan fingerprint density at radius 2 is 1.80 bits per heavy atom. The summed E-state index contributed by atoms with van der Waals surface area (Å²) in [5, 5.41) is 7.14. The zero-order valence-electron chi connectivity index (χ0n) is 16.0. The van der Waals surface area contributed by atoms with Crippen LogP contribution in [0.4, 0.5) is 13.2 Å². The summed E-state index contributed by atoms with van der Waals surface area (Å²) >= 11 is 3.45. The van der Waals surface area contributed by atoms with E-state index < -0.39 is 18.7 Å². The minimum atomic E-state index is -4.44. The molecule has 0 fully saturated rings. The normalized spacial score (nSPS) is 11.4. The van der Waals surface area contributed by atoms with Crippen molar-refractivity contribution in [1.82, 2.24) is 15.1 Å². The molecule has 0 radical (unpaired) electrons. The number of amides is 1. The number of hydrogen-bond acceptors (Lipinski definition) is 3. The number of nitrogens with zero attached hydrogens (tertiary/aromatic N) is 2. The number of benzene rings is 2. The van der Waals surface area contributed by atoms with Crippen molar-refractivity contribution in [3.8, 4) is 11.4 Å². The highest BCUT2D eigenvalue weighted by Gasteiger charge is 2.29. The van der Waals surface area contributed by atoms with Crippen LogP contribution in [0.5, 0.6) is 5.75 Å². The third-order valence-corrected chi connectivity index (χ3v) is 5.10. The van der Waals surface area contributed by atoms with E-state index in [4.69, 9.17) is 4.74 Å². The molecule has 0 aliphatic heterocycles. The number of aromatic nitrogens is 2. The average molecular weight is 482 g/mol. The lowest BCUT2D eigenvalue weighted by molar-refractivity contribution is -0.153. The molecule has 3 rings (SSSR count). The van der Waals surface area contributed by atoms with Crippen LogP contribution in [0.3, 0.4) is 0 Å². The number of alkyl halides is 3. The first-order valence-electron chi connectivity index (χ1n) is 9.18. The van der Waals surface area contributed by atoms with Crippen molar-refractivity contribution in [3.63, 3.8) is 0 Å². The van der Waals surface area contributed by atoms with Crippen molar-refractivity contribution in [2.75, 3.05) is 6.61 Å². The maximum Gasteiger partial charge on any atom is 0.422 e. The van der Waals surface area contributed by atoms with E-state index in [1.54, 1.807) is 22.9 Å². The van der Waals surface area contributed by atoms with Gasteiger partial charge in [-0.1, -0.05) is 43.3 Å². The lowest BCUT2D eigenvalue weighted by Crippen LogP contribution is -2.25. The summed E-state index contributed by atoms with van der Waals surface area (Å²) in [4.78, 5) is 12.7. The minimum Gasteiger partial charge on any atom is -0.484 e. The Morgan fingerprint density at radius 3 is 2.47 bits per heavy atom. The van der Waals surface area contributed by atoms with Gasteiger partial charge in [0.05, 0.1) is 15.9 Å². The zero-order chi connectivity index (χ0) is 21.7. The van der Waals surface area contributed by atoms with E-state index in [0.717, 1.165) is 11.4 Å². The molecule has 1 aromatic heterocycles. The van der Waals surface area contributed by atoms with Gasteiger partial charge in [0.2, 0.25) is 0 Å². The molecule has 1 N–H and O–H groups in total. The molecule has 0 spiro atoms. The molecule has 0 unspecified atom stereocenters. The molecule has 1 amide bonds. The molecule has 0 bridgehead atoms. The second kappa shape index (κ2) is 9.34. The summed E-state index contributed by atoms with van der Waals surface area (Å²) in [6, 6.07) is 15.7. The Bertz CT molecular complexity index is 1020. The van der Waals surface area contributed by atoms with Gasteiger partial charge in [0.1, 0.15) is 5.75 Å². The predicted octanol–water partition coefficient (Wildman–Crippen LogP) is 5.07. The van der Waals surface area contributed by atoms with Crippen molar-refractivity contribution in [2.45, 2.75) is 26.1 Å². The Hall–Kier alpha value is -2.81. The Morgan fingerprint density at radius 1 is 1.13 bits per heavy atom. The van der Waals surface area contributed by atoms with Crippen molar-refractivity contribution in [1.29, 1.82) is 0 Å². The van der Waals surface area contributed by atoms with Crippen LogP contribution in [-0.4, -0.2) is 28.5 Å². The highest BCUT2D eigenvalue weighted by Crippen LogP contribution is 2.26. The minimum absolute atomic E-state index is 0.00103. The molecule has 0 aliphatic carbocycles. The Balaban J connectivity index is 1.77. The van der Waals surface area contributed by atoms with Crippen LogP contribution in [0.15, 0.2) is 59.1 Å². The fraction of sp³-hybridized carbons (Fsp3) is 0.238. The van der Waals surface area contributed by atoms with Gasteiger partial charge in [-0.15, -0.1) is 0 Å². The molecule has 158 valence electrons. The molecule has 1 heterocycles. The summed E-state index contributed by atoms with van der Waals surface area (Å²) in [6.45, 7) is 0.556. The van der Waals surface area contributed by atoms with Crippen LogP contribution >= 0.6 is 15.9 Å². The van der Waals surface area contributed by atoms with Gasteiger partial charge in [-0.25, -0.2) is 4.68 Å². The smallest absolute Gasteiger partial charge is 0.422 e. The van der Waals surface area contributed by atoms with Crippen LogP contribution in [0.25, 0.3) is 5.69 Å². The maximum absolute atomic E-state index is 12.7. The number of carbonyl (C=O) groups is 1. The molecule has 30 heavy (non-hydrogen) atoms. The van der Waals surface area contributed by atoms with Gasteiger partial charge in [0, 0.05) is 12.1 Å². The van der Waals surface area contributed by atoms with Gasteiger partial charge < -0.3 is 10.1 Å². The SMILES string of the molecule is CCc1c(Br)c(C(=O)NCc2ccccc2OCC(F)(F)F)nn1-c1ccccc1. The predicted molar refractivity (Wildman–Crippen MR) is 110 cm³/mol. The van der Waals surface area contributed by atoms with E-state index in [0.29, 0.717) is 16.5 Å². The number of rotatable bonds is 7. The van der Waals surface area contributed by atoms with E-state index >= 15 is 0 Å². The van der Waals surface area contributed by atoms with Gasteiger partial charge in [0.25, 0.3) is 5.91 Å². The van der Waals surface area contributed by atoms with E-state index in [1.165, 1.54) is 6.07 Å². The molecule has 0 atom stereocenters. The molecule has 0 saturated carbocycles. The zero-order valence-corrected chi connectivity index (χ0v) is 17.6. The van der Waals surface area contributed by atoms with Gasteiger partial charge >= 0.3 is 6.18 Å². The molecule has 0 aliphatic rings. The summed E-state index contributed by atoms with van der Waals surface area (Å²) in [6.07, 6.45) is -3.80. The first kappa shape index (κ1) is 21.9. The molecule has 0 saturated heterocycles. The number of para-hydroxylation sites is 2. The number of ether oxygens (including phenoxy) is 1. The fourth-order valence-corrected chi connectivity index (χ4v) is 3.58. The first-order valence-corrected chi connectivity index (χ1v) is 9.98. The van der Waals surface area contributed by atoms with Gasteiger partial charge in [0.15, 0.2) is 12.3 Å². The van der Waals surface area contributed by atoms with Gasteiger partial charge in [-0.05, 0) is 40.5 Å². The van der Waals surface area contributed by atoms with E-state index in [2.05, 4.69) is 26.3 Å². The van der Waals surface area contributed by atoms with E-state index in [9.17, 15) is 18.0 Å². The van der Waals surface area contributed by atoms with Crippen LogP contribution in [0.2, 0.25) is 0 Å². The summed E-state index contributed by atoms with van der Waals surface area (Å²) in [5.74, 6) is -0.380. The summed E-state index contributed by atoms with van der Waals surface area (Å²) in [5.41, 5.74) is 2.29. The summed E-state index contributed by atoms with van der Waals surface area (Å²) in [7, 11) is 0. The maximum atomic E-state index is 12.7. The second-order valence-electron chi connectivity index (χ2n) is 6.40. The molecule has 2 aromatic carbocycles. The highest BCUT2D eigenvalue weighted by atomic mass is 79.9. The van der Waals surface area contributed by atoms with E-state index in [1.807, 2.05) is 37.3 Å². The lowest BCUT2D eigenvalue weighted by Gasteiger charge is -2.13. The van der Waals surface area contributed by atoms with Crippen molar-refractivity contribution in [2.24, 2.45) is 0 Å². The van der Waals surface area contributed by atoms with Gasteiger partial charge in [-0.2, -0.15) is 18.3 Å². The highest BCUT2D eigenvalue weighted by molar-refractivity contribution is 9.10. The number of carbonyl (C=O) groups excluding carboxylic acids is 1. The quantitative estimate of drug-likeness (QED) is 0.512. The van der Waals surface area contributed by atoms with Crippen molar-refractivity contribution >= 4 is 21.8 Å². The largest absolute Gasteiger partial charge is 0.484 e. The third-order valence-electron chi connectivity index (χ3n) is 4.27. The van der Waals surface area contributed by atoms with E-state index in [-0.39, 0.29) is 18.0 Å².